The maximum atomic E-state index is 8.40. The predicted octanol–water partition coefficient (Wildman–Crippen LogP) is 6.16. The zero-order chi connectivity index (χ0) is 20.2. The molecule has 0 atom stereocenters. The molecule has 0 unspecified atom stereocenters. The van der Waals surface area contributed by atoms with Crippen LogP contribution >= 0.6 is 0 Å². The summed E-state index contributed by atoms with van der Waals surface area (Å²) < 4.78 is 0. The van der Waals surface area contributed by atoms with Gasteiger partial charge in [-0.1, -0.05) is 51.7 Å². The first-order valence-corrected chi connectivity index (χ1v) is 9.73. The van der Waals surface area contributed by atoms with Crippen LogP contribution in [0.5, 0.6) is 0 Å². The Hall–Kier alpha value is -1.73. The molecule has 1 aromatic carbocycles. The standard InChI is InChI=1S/C19H24N.C5H8O2.Pt/c1-4-6-8-16-11-12-20-19(14-16)18-10-9-17(7-5-2)15(3)13-18;1-4(6)3-5(2)7;/h9,11-14H,4-8H2,1-3H3;3,6H,1-2H3;/q-1;;/p+1/b;4-3-;. The molecular weight excluding hydrogens is 529 g/mol. The fraction of sp³-hybridized carbons (Fsp3) is 0.417. The predicted molar refractivity (Wildman–Crippen MR) is 115 cm³/mol. The van der Waals surface area contributed by atoms with Gasteiger partial charge in [0.1, 0.15) is 0 Å². The van der Waals surface area contributed by atoms with Gasteiger partial charge in [0.05, 0.1) is 18.8 Å². The molecule has 3 nitrogen and oxygen atoms in total. The molecule has 2 aromatic rings. The minimum atomic E-state index is 0. The first kappa shape index (κ1) is 26.3. The van der Waals surface area contributed by atoms with Gasteiger partial charge in [0, 0.05) is 27.3 Å². The fourth-order valence-electron chi connectivity index (χ4n) is 2.78. The number of nitrogens with zero attached hydrogens (tertiary/aromatic N) is 1. The molecular formula is C24H33NO2Pt. The first-order valence-electron chi connectivity index (χ1n) is 9.73. The van der Waals surface area contributed by atoms with Crippen molar-refractivity contribution >= 4 is 5.78 Å². The van der Waals surface area contributed by atoms with Crippen LogP contribution in [0.25, 0.3) is 11.3 Å². The quantitative estimate of drug-likeness (QED) is 0.190. The van der Waals surface area contributed by atoms with E-state index in [4.69, 9.17) is 9.90 Å². The number of benzene rings is 1. The minimum Gasteiger partial charge on any atom is -0.512 e. The SMILES string of the molecule is CC(=[OH+])/C=C(/C)O.CCCCc1ccnc(-c2[c-]cc(CCC)c(C)c2)c1.[Pt]. The van der Waals surface area contributed by atoms with Crippen molar-refractivity contribution in [1.82, 2.24) is 4.98 Å². The number of hydrogen-bond acceptors (Lipinski definition) is 2. The largest absolute Gasteiger partial charge is 0.512 e. The molecule has 2 N–H and O–H groups in total. The molecule has 28 heavy (non-hydrogen) atoms. The van der Waals surface area contributed by atoms with Crippen molar-refractivity contribution in [3.8, 4) is 11.3 Å². The maximum Gasteiger partial charge on any atom is 0.316 e. The normalized spacial score (nSPS) is 10.5. The van der Waals surface area contributed by atoms with Crippen LogP contribution < -0.4 is 0 Å². The van der Waals surface area contributed by atoms with Crippen LogP contribution in [0.1, 0.15) is 63.6 Å². The Bertz CT molecular complexity index is 765. The smallest absolute Gasteiger partial charge is 0.316 e. The Morgan fingerprint density at radius 3 is 2.39 bits per heavy atom. The topological polar surface area (TPSA) is 54.5 Å². The number of rotatable bonds is 7. The third kappa shape index (κ3) is 9.99. The second kappa shape index (κ2) is 14.3. The molecule has 0 bridgehead atoms. The summed E-state index contributed by atoms with van der Waals surface area (Å²) in [4.78, 5) is 12.9. The summed E-state index contributed by atoms with van der Waals surface area (Å²) in [5.74, 6) is 0.250. The molecule has 1 aromatic heterocycles. The van der Waals surface area contributed by atoms with Gasteiger partial charge in [-0.25, -0.2) is 0 Å². The summed E-state index contributed by atoms with van der Waals surface area (Å²) in [6, 6.07) is 12.1. The molecule has 1 heterocycles. The van der Waals surface area contributed by atoms with E-state index in [1.165, 1.54) is 55.9 Å². The van der Waals surface area contributed by atoms with Crippen LogP contribution in [-0.4, -0.2) is 20.7 Å². The van der Waals surface area contributed by atoms with E-state index < -0.39 is 0 Å². The van der Waals surface area contributed by atoms with Gasteiger partial charge in [-0.15, -0.1) is 34.9 Å². The van der Waals surface area contributed by atoms with E-state index in [2.05, 4.69) is 56.1 Å². The number of hydrogen-bond donors (Lipinski definition) is 1. The maximum absolute atomic E-state index is 8.40. The monoisotopic (exact) mass is 562 g/mol. The average molecular weight is 563 g/mol. The summed E-state index contributed by atoms with van der Waals surface area (Å²) in [5, 5.41) is 8.40. The van der Waals surface area contributed by atoms with Crippen LogP contribution in [0, 0.1) is 13.0 Å². The second-order valence-electron chi connectivity index (χ2n) is 6.88. The summed E-state index contributed by atoms with van der Waals surface area (Å²) in [7, 11) is 0. The molecule has 0 radical (unpaired) electrons. The Labute approximate surface area is 184 Å². The van der Waals surface area contributed by atoms with E-state index in [1.807, 2.05) is 6.20 Å². The van der Waals surface area contributed by atoms with E-state index in [-0.39, 0.29) is 32.6 Å². The second-order valence-corrected chi connectivity index (χ2v) is 6.88. The Morgan fingerprint density at radius 2 is 1.89 bits per heavy atom. The minimum absolute atomic E-state index is 0. The molecule has 0 fully saturated rings. The van der Waals surface area contributed by atoms with E-state index in [1.54, 1.807) is 0 Å². The molecule has 0 saturated carbocycles. The van der Waals surface area contributed by atoms with Crippen molar-refractivity contribution in [1.29, 1.82) is 0 Å². The number of aryl methyl sites for hydroxylation is 3. The molecule has 0 aliphatic heterocycles. The van der Waals surface area contributed by atoms with Crippen molar-refractivity contribution in [3.63, 3.8) is 0 Å². The number of aliphatic hydroxyl groups excluding tert-OH is 1. The van der Waals surface area contributed by atoms with Crippen LogP contribution in [0.4, 0.5) is 0 Å². The summed E-state index contributed by atoms with van der Waals surface area (Å²) in [6.07, 6.45) is 9.12. The van der Waals surface area contributed by atoms with Crippen LogP contribution in [-0.2, 0) is 33.9 Å². The Morgan fingerprint density at radius 1 is 1.18 bits per heavy atom. The molecule has 0 saturated heterocycles. The Balaban J connectivity index is 0.000000786. The molecule has 156 valence electrons. The summed E-state index contributed by atoms with van der Waals surface area (Å²) in [5.41, 5.74) is 6.28. The van der Waals surface area contributed by atoms with Gasteiger partial charge in [-0.05, 0) is 31.5 Å². The molecule has 0 aliphatic rings. The van der Waals surface area contributed by atoms with E-state index in [9.17, 15) is 0 Å². The van der Waals surface area contributed by atoms with E-state index >= 15 is 0 Å². The number of aliphatic hydroxyl groups is 1. The Kier molecular flexibility index (Phi) is 13.4. The van der Waals surface area contributed by atoms with Crippen molar-refractivity contribution in [2.45, 2.75) is 66.7 Å². The van der Waals surface area contributed by atoms with Gasteiger partial charge in [0.2, 0.25) is 0 Å². The van der Waals surface area contributed by atoms with Crippen molar-refractivity contribution in [2.75, 3.05) is 0 Å². The molecule has 2 rings (SSSR count). The zero-order valence-electron chi connectivity index (χ0n) is 17.7. The van der Waals surface area contributed by atoms with Gasteiger partial charge in [-0.2, -0.15) is 0 Å². The van der Waals surface area contributed by atoms with Gasteiger partial charge in [0.15, 0.2) is 0 Å². The number of ketones is 1. The van der Waals surface area contributed by atoms with E-state index in [0.717, 1.165) is 24.1 Å². The number of unbranched alkanes of at least 4 members (excludes halogenated alkanes) is 1. The van der Waals surface area contributed by atoms with Crippen molar-refractivity contribution in [2.24, 2.45) is 0 Å². The molecule has 0 aliphatic carbocycles. The number of carbonyl (C=O) groups excluding carboxylic acids is 1. The van der Waals surface area contributed by atoms with Gasteiger partial charge in [0.25, 0.3) is 0 Å². The molecule has 4 heteroatoms. The fourth-order valence-corrected chi connectivity index (χ4v) is 2.78. The first-order chi connectivity index (χ1) is 12.9. The van der Waals surface area contributed by atoms with Gasteiger partial charge >= 0.3 is 5.78 Å². The molecule has 0 amide bonds. The zero-order valence-corrected chi connectivity index (χ0v) is 19.9. The van der Waals surface area contributed by atoms with Crippen LogP contribution in [0.3, 0.4) is 0 Å². The van der Waals surface area contributed by atoms with Crippen molar-refractivity contribution in [3.05, 3.63) is 65.1 Å². The van der Waals surface area contributed by atoms with Crippen LogP contribution in [0.15, 0.2) is 42.3 Å². The number of allylic oxidation sites excluding steroid dienone is 2. The third-order valence-corrected chi connectivity index (χ3v) is 4.13. The molecule has 0 spiro atoms. The number of pyridine rings is 1. The van der Waals surface area contributed by atoms with E-state index in [0.29, 0.717) is 0 Å². The van der Waals surface area contributed by atoms with Crippen LogP contribution in [0.2, 0.25) is 0 Å². The number of aromatic nitrogens is 1. The van der Waals surface area contributed by atoms with Gasteiger partial charge in [-0.3, -0.25) is 4.79 Å². The summed E-state index contributed by atoms with van der Waals surface area (Å²) >= 11 is 0. The third-order valence-electron chi connectivity index (χ3n) is 4.13. The van der Waals surface area contributed by atoms with Gasteiger partial charge < -0.3 is 10.1 Å². The average Bonchev–Trinajstić information content (AvgIpc) is 2.61. The van der Waals surface area contributed by atoms with Crippen molar-refractivity contribution < 1.29 is 31.0 Å². The summed E-state index contributed by atoms with van der Waals surface area (Å²) in [6.45, 7) is 9.63.